The van der Waals surface area contributed by atoms with E-state index in [9.17, 15) is 14.4 Å². The number of hydrogen-bond donors (Lipinski definition) is 2. The van der Waals surface area contributed by atoms with Crippen LogP contribution in [0.25, 0.3) is 0 Å². The quantitative estimate of drug-likeness (QED) is 0.788. The number of piperidine rings is 1. The molecule has 3 amide bonds. The molecule has 1 aromatic rings. The monoisotopic (exact) mass is 347 g/mol. The number of amides is 3. The van der Waals surface area contributed by atoms with Gasteiger partial charge in [-0.15, -0.1) is 0 Å². The number of rotatable bonds is 5. The highest BCUT2D eigenvalue weighted by molar-refractivity contribution is 5.97. The summed E-state index contributed by atoms with van der Waals surface area (Å²) in [6.45, 7) is 3.23. The second-order valence-corrected chi connectivity index (χ2v) is 5.97. The molecule has 2 N–H and O–H groups in total. The molecule has 1 aliphatic rings. The number of nitrogens with one attached hydrogen (secondary N) is 2. The molecule has 1 aromatic carbocycles. The van der Waals surface area contributed by atoms with Crippen LogP contribution in [0.3, 0.4) is 0 Å². The van der Waals surface area contributed by atoms with E-state index in [-0.39, 0.29) is 11.9 Å². The number of esters is 1. The van der Waals surface area contributed by atoms with Crippen LogP contribution in [0.1, 0.15) is 31.4 Å². The van der Waals surface area contributed by atoms with Gasteiger partial charge in [-0.25, -0.2) is 4.79 Å². The molecule has 0 aromatic heterocycles. The second-order valence-electron chi connectivity index (χ2n) is 5.97. The van der Waals surface area contributed by atoms with E-state index < -0.39 is 18.0 Å². The lowest BCUT2D eigenvalue weighted by molar-refractivity contribution is -0.151. The van der Waals surface area contributed by atoms with Gasteiger partial charge in [0.2, 0.25) is 5.91 Å². The lowest BCUT2D eigenvalue weighted by atomic mass is 9.94. The zero-order chi connectivity index (χ0) is 18.2. The van der Waals surface area contributed by atoms with Gasteiger partial charge in [-0.3, -0.25) is 19.8 Å². The number of benzene rings is 1. The van der Waals surface area contributed by atoms with E-state index in [0.29, 0.717) is 19.7 Å². The first-order valence-corrected chi connectivity index (χ1v) is 8.55. The lowest BCUT2D eigenvalue weighted by Gasteiger charge is -2.36. The van der Waals surface area contributed by atoms with Gasteiger partial charge < -0.3 is 10.1 Å². The Kier molecular flexibility index (Phi) is 6.94. The maximum absolute atomic E-state index is 12.7. The van der Waals surface area contributed by atoms with Crippen LogP contribution in [0.2, 0.25) is 0 Å². The third-order valence-corrected chi connectivity index (χ3v) is 4.27. The Labute approximate surface area is 147 Å². The van der Waals surface area contributed by atoms with E-state index in [2.05, 4.69) is 10.6 Å². The van der Waals surface area contributed by atoms with Gasteiger partial charge in [0.1, 0.15) is 6.04 Å². The molecule has 0 spiro atoms. The summed E-state index contributed by atoms with van der Waals surface area (Å²) in [7, 11) is 1.46. The van der Waals surface area contributed by atoms with E-state index in [1.165, 1.54) is 7.05 Å². The van der Waals surface area contributed by atoms with Gasteiger partial charge in [0, 0.05) is 13.6 Å². The van der Waals surface area contributed by atoms with Gasteiger partial charge in [0.05, 0.1) is 12.5 Å². The standard InChI is InChI=1S/C18H25N3O4/c1-3-25-17(23)14-10-7-11-21(12-14)15(13-8-5-4-6-9-13)16(22)20-18(24)19-2/h4-6,8-9,14-15H,3,7,10-12H2,1-2H3,(H2,19,20,22,24)/t14-,15+/m1/s1. The summed E-state index contributed by atoms with van der Waals surface area (Å²) in [5, 5.41) is 4.73. The van der Waals surface area contributed by atoms with Crippen molar-refractivity contribution in [1.82, 2.24) is 15.5 Å². The number of nitrogens with zero attached hydrogens (tertiary/aromatic N) is 1. The van der Waals surface area contributed by atoms with Crippen molar-refractivity contribution in [1.29, 1.82) is 0 Å². The maximum Gasteiger partial charge on any atom is 0.321 e. The second kappa shape index (κ2) is 9.17. The van der Waals surface area contributed by atoms with E-state index in [1.807, 2.05) is 35.2 Å². The molecular weight excluding hydrogens is 322 g/mol. The molecule has 1 aliphatic heterocycles. The Morgan fingerprint density at radius 2 is 2.00 bits per heavy atom. The number of carbonyl (C=O) groups is 3. The van der Waals surface area contributed by atoms with Crippen molar-refractivity contribution in [3.63, 3.8) is 0 Å². The van der Waals surface area contributed by atoms with Gasteiger partial charge in [-0.1, -0.05) is 30.3 Å². The summed E-state index contributed by atoms with van der Waals surface area (Å²) < 4.78 is 5.13. The largest absolute Gasteiger partial charge is 0.466 e. The highest BCUT2D eigenvalue weighted by Crippen LogP contribution is 2.28. The van der Waals surface area contributed by atoms with Crippen molar-refractivity contribution >= 4 is 17.9 Å². The van der Waals surface area contributed by atoms with Gasteiger partial charge >= 0.3 is 12.0 Å². The molecule has 0 aliphatic carbocycles. The molecule has 0 bridgehead atoms. The first-order chi connectivity index (χ1) is 12.1. The first kappa shape index (κ1) is 18.9. The molecule has 0 radical (unpaired) electrons. The molecule has 2 rings (SSSR count). The minimum absolute atomic E-state index is 0.231. The fraction of sp³-hybridized carbons (Fsp3) is 0.500. The van der Waals surface area contributed by atoms with Crippen LogP contribution >= 0.6 is 0 Å². The molecule has 1 heterocycles. The van der Waals surface area contributed by atoms with Crippen LogP contribution in [0.5, 0.6) is 0 Å². The summed E-state index contributed by atoms with van der Waals surface area (Å²) in [5.41, 5.74) is 0.786. The summed E-state index contributed by atoms with van der Waals surface area (Å²) >= 11 is 0. The van der Waals surface area contributed by atoms with Gasteiger partial charge in [0.15, 0.2) is 0 Å². The third-order valence-electron chi connectivity index (χ3n) is 4.27. The number of ether oxygens (including phenoxy) is 1. The van der Waals surface area contributed by atoms with Crippen LogP contribution < -0.4 is 10.6 Å². The Morgan fingerprint density at radius 1 is 1.28 bits per heavy atom. The zero-order valence-electron chi connectivity index (χ0n) is 14.7. The Balaban J connectivity index is 2.21. The molecule has 1 fully saturated rings. The molecule has 7 heteroatoms. The van der Waals surface area contributed by atoms with Crippen molar-refractivity contribution in [2.24, 2.45) is 5.92 Å². The Bertz CT molecular complexity index is 606. The van der Waals surface area contributed by atoms with E-state index >= 15 is 0 Å². The maximum atomic E-state index is 12.7. The van der Waals surface area contributed by atoms with Crippen molar-refractivity contribution in [2.45, 2.75) is 25.8 Å². The number of carbonyl (C=O) groups excluding carboxylic acids is 3. The zero-order valence-corrected chi connectivity index (χ0v) is 14.7. The van der Waals surface area contributed by atoms with E-state index in [1.54, 1.807) is 6.92 Å². The van der Waals surface area contributed by atoms with Crippen LogP contribution in [-0.2, 0) is 14.3 Å². The normalized spacial score (nSPS) is 18.9. The average molecular weight is 347 g/mol. The Hall–Kier alpha value is -2.41. The smallest absolute Gasteiger partial charge is 0.321 e. The summed E-state index contributed by atoms with van der Waals surface area (Å²) in [6, 6.07) is 8.09. The average Bonchev–Trinajstić information content (AvgIpc) is 2.63. The number of imide groups is 1. The van der Waals surface area contributed by atoms with E-state index in [0.717, 1.165) is 18.4 Å². The fourth-order valence-corrected chi connectivity index (χ4v) is 3.10. The lowest BCUT2D eigenvalue weighted by Crippen LogP contribution is -2.49. The topological polar surface area (TPSA) is 87.7 Å². The molecule has 25 heavy (non-hydrogen) atoms. The highest BCUT2D eigenvalue weighted by atomic mass is 16.5. The summed E-state index contributed by atoms with van der Waals surface area (Å²) in [6.07, 6.45) is 1.54. The van der Waals surface area contributed by atoms with E-state index in [4.69, 9.17) is 4.74 Å². The van der Waals surface area contributed by atoms with Crippen molar-refractivity contribution < 1.29 is 19.1 Å². The fourth-order valence-electron chi connectivity index (χ4n) is 3.10. The van der Waals surface area contributed by atoms with Gasteiger partial charge in [-0.2, -0.15) is 0 Å². The Morgan fingerprint density at radius 3 is 2.64 bits per heavy atom. The van der Waals surface area contributed by atoms with Crippen molar-refractivity contribution in [3.8, 4) is 0 Å². The highest BCUT2D eigenvalue weighted by Gasteiger charge is 2.35. The molecular formula is C18H25N3O4. The number of likely N-dealkylation sites (tertiary alicyclic amines) is 1. The van der Waals surface area contributed by atoms with Crippen molar-refractivity contribution in [3.05, 3.63) is 35.9 Å². The predicted molar refractivity (Wildman–Crippen MR) is 92.7 cm³/mol. The molecule has 136 valence electrons. The molecule has 7 nitrogen and oxygen atoms in total. The third kappa shape index (κ3) is 5.03. The SMILES string of the molecule is CCOC(=O)[C@@H]1CCCN([C@H](C(=O)NC(=O)NC)c2ccccc2)C1. The summed E-state index contributed by atoms with van der Waals surface area (Å²) in [4.78, 5) is 38.3. The van der Waals surface area contributed by atoms with Crippen molar-refractivity contribution in [2.75, 3.05) is 26.7 Å². The first-order valence-electron chi connectivity index (χ1n) is 8.55. The molecule has 0 saturated carbocycles. The van der Waals surface area contributed by atoms with Crippen LogP contribution in [0.4, 0.5) is 4.79 Å². The number of hydrogen-bond acceptors (Lipinski definition) is 5. The predicted octanol–water partition coefficient (Wildman–Crippen LogP) is 1.46. The minimum Gasteiger partial charge on any atom is -0.466 e. The van der Waals surface area contributed by atoms with Crippen LogP contribution in [0, 0.1) is 5.92 Å². The van der Waals surface area contributed by atoms with Gasteiger partial charge in [-0.05, 0) is 31.9 Å². The minimum atomic E-state index is -0.629. The molecule has 1 saturated heterocycles. The molecule has 2 atom stereocenters. The number of urea groups is 1. The van der Waals surface area contributed by atoms with Gasteiger partial charge in [0.25, 0.3) is 0 Å². The van der Waals surface area contributed by atoms with Crippen LogP contribution in [0.15, 0.2) is 30.3 Å². The van der Waals surface area contributed by atoms with Crippen LogP contribution in [-0.4, -0.2) is 49.6 Å². The molecule has 0 unspecified atom stereocenters. The summed E-state index contributed by atoms with van der Waals surface area (Å²) in [5.74, 6) is -0.895.